The van der Waals surface area contributed by atoms with E-state index in [0.717, 1.165) is 10.9 Å². The van der Waals surface area contributed by atoms with Crippen molar-refractivity contribution >= 4 is 22.6 Å². The molecule has 0 bridgehead atoms. The second kappa shape index (κ2) is 3.55. The molecule has 2 aromatic rings. The molecule has 2 heterocycles. The highest BCUT2D eigenvalue weighted by atomic mass is 35.5. The van der Waals surface area contributed by atoms with E-state index in [1.165, 1.54) is 6.33 Å². The van der Waals surface area contributed by atoms with Crippen LogP contribution in [0, 0.1) is 0 Å². The highest BCUT2D eigenvalue weighted by Crippen LogP contribution is 2.23. The van der Waals surface area contributed by atoms with Crippen LogP contribution in [0.5, 0.6) is 0 Å². The van der Waals surface area contributed by atoms with Gasteiger partial charge in [-0.3, -0.25) is 0 Å². The molecule has 0 radical (unpaired) electrons. The van der Waals surface area contributed by atoms with Crippen molar-refractivity contribution in [1.29, 1.82) is 0 Å². The van der Waals surface area contributed by atoms with Gasteiger partial charge in [0.05, 0.1) is 11.5 Å². The summed E-state index contributed by atoms with van der Waals surface area (Å²) in [6.45, 7) is 1.73. The molecule has 0 fully saturated rings. The Hall–Kier alpha value is -1.13. The molecule has 2 rings (SSSR count). The summed E-state index contributed by atoms with van der Waals surface area (Å²) in [5, 5.41) is 10.5. The molecule has 0 aliphatic carbocycles. The van der Waals surface area contributed by atoms with Gasteiger partial charge < -0.3 is 10.1 Å². The summed E-state index contributed by atoms with van der Waals surface area (Å²) in [5.74, 6) is 0. The Morgan fingerprint density at radius 2 is 2.36 bits per heavy atom. The quantitative estimate of drug-likeness (QED) is 0.741. The van der Waals surface area contributed by atoms with Crippen LogP contribution in [0.25, 0.3) is 11.0 Å². The van der Waals surface area contributed by atoms with Gasteiger partial charge in [-0.25, -0.2) is 9.97 Å². The average Bonchev–Trinajstić information content (AvgIpc) is 2.49. The number of aliphatic hydroxyl groups excluding tert-OH is 1. The summed E-state index contributed by atoms with van der Waals surface area (Å²) < 4.78 is 0. The lowest BCUT2D eigenvalue weighted by molar-refractivity contribution is 0.196. The van der Waals surface area contributed by atoms with Crippen LogP contribution in [0.15, 0.2) is 12.5 Å². The van der Waals surface area contributed by atoms with E-state index in [9.17, 15) is 5.11 Å². The molecule has 0 amide bonds. The minimum absolute atomic E-state index is 0.398. The summed E-state index contributed by atoms with van der Waals surface area (Å²) in [7, 11) is 0. The molecule has 2 N–H and O–H groups in total. The van der Waals surface area contributed by atoms with Crippen LogP contribution in [-0.2, 0) is 6.42 Å². The van der Waals surface area contributed by atoms with E-state index >= 15 is 0 Å². The summed E-state index contributed by atoms with van der Waals surface area (Å²) in [6.07, 6.45) is 3.36. The van der Waals surface area contributed by atoms with Crippen molar-refractivity contribution in [2.24, 2.45) is 0 Å². The van der Waals surface area contributed by atoms with Crippen molar-refractivity contribution in [2.75, 3.05) is 0 Å². The number of hydrogen-bond acceptors (Lipinski definition) is 3. The standard InChI is InChI=1S/C9H10ClN3O/c1-5(14)2-6-3-11-9-7(6)8(10)12-4-13-9/h3-5,14H,2H2,1H3,(H,11,12,13). The first kappa shape index (κ1) is 9.43. The predicted octanol–water partition coefficient (Wildman–Crippen LogP) is 1.53. The summed E-state index contributed by atoms with van der Waals surface area (Å²) in [6, 6.07) is 0. The van der Waals surface area contributed by atoms with E-state index < -0.39 is 6.10 Å². The molecule has 4 nitrogen and oxygen atoms in total. The lowest BCUT2D eigenvalue weighted by Crippen LogP contribution is -2.03. The Morgan fingerprint density at radius 3 is 3.07 bits per heavy atom. The third-order valence-electron chi connectivity index (χ3n) is 2.02. The van der Waals surface area contributed by atoms with Crippen LogP contribution in [0.3, 0.4) is 0 Å². The first-order chi connectivity index (χ1) is 6.68. The van der Waals surface area contributed by atoms with Gasteiger partial charge in [-0.2, -0.15) is 0 Å². The third kappa shape index (κ3) is 1.58. The van der Waals surface area contributed by atoms with Gasteiger partial charge >= 0.3 is 0 Å². The first-order valence-corrected chi connectivity index (χ1v) is 4.71. The molecule has 0 aliphatic rings. The van der Waals surface area contributed by atoms with Crippen molar-refractivity contribution in [3.8, 4) is 0 Å². The molecule has 0 aliphatic heterocycles. The van der Waals surface area contributed by atoms with E-state index in [2.05, 4.69) is 15.0 Å². The molecule has 5 heteroatoms. The molecule has 1 atom stereocenters. The highest BCUT2D eigenvalue weighted by molar-refractivity contribution is 6.34. The van der Waals surface area contributed by atoms with Crippen LogP contribution in [0.4, 0.5) is 0 Å². The summed E-state index contributed by atoms with van der Waals surface area (Å²) in [5.41, 5.74) is 1.65. The van der Waals surface area contributed by atoms with Crippen LogP contribution < -0.4 is 0 Å². The molecule has 0 aromatic carbocycles. The predicted molar refractivity (Wildman–Crippen MR) is 54.3 cm³/mol. The number of halogens is 1. The topological polar surface area (TPSA) is 61.8 Å². The Labute approximate surface area is 86.0 Å². The van der Waals surface area contributed by atoms with Crippen LogP contribution in [0.2, 0.25) is 5.15 Å². The summed E-state index contributed by atoms with van der Waals surface area (Å²) in [4.78, 5) is 10.9. The van der Waals surface area contributed by atoms with E-state index in [4.69, 9.17) is 11.6 Å². The van der Waals surface area contributed by atoms with Crippen molar-refractivity contribution in [3.05, 3.63) is 23.2 Å². The number of aliphatic hydroxyl groups is 1. The zero-order valence-electron chi connectivity index (χ0n) is 7.66. The number of rotatable bonds is 2. The molecule has 74 valence electrons. The Kier molecular flexibility index (Phi) is 2.39. The van der Waals surface area contributed by atoms with Crippen LogP contribution in [0.1, 0.15) is 12.5 Å². The highest BCUT2D eigenvalue weighted by Gasteiger charge is 2.10. The second-order valence-corrected chi connectivity index (χ2v) is 3.61. The SMILES string of the molecule is CC(O)Cc1c[nH]c2ncnc(Cl)c12. The normalized spacial score (nSPS) is 13.4. The number of aromatic amines is 1. The van der Waals surface area contributed by atoms with Crippen molar-refractivity contribution in [3.63, 3.8) is 0 Å². The Bertz CT molecular complexity index is 452. The molecular formula is C9H10ClN3O. The molecular weight excluding hydrogens is 202 g/mol. The molecule has 2 aromatic heterocycles. The number of aromatic nitrogens is 3. The van der Waals surface area contributed by atoms with Crippen LogP contribution in [-0.4, -0.2) is 26.2 Å². The smallest absolute Gasteiger partial charge is 0.142 e. The average molecular weight is 212 g/mol. The maximum Gasteiger partial charge on any atom is 0.142 e. The monoisotopic (exact) mass is 211 g/mol. The lowest BCUT2D eigenvalue weighted by atomic mass is 10.1. The van der Waals surface area contributed by atoms with Gasteiger partial charge in [0.2, 0.25) is 0 Å². The number of H-pyrrole nitrogens is 1. The zero-order valence-corrected chi connectivity index (χ0v) is 8.41. The van der Waals surface area contributed by atoms with E-state index in [0.29, 0.717) is 17.2 Å². The molecule has 0 saturated heterocycles. The van der Waals surface area contributed by atoms with Crippen molar-refractivity contribution in [1.82, 2.24) is 15.0 Å². The minimum atomic E-state index is -0.398. The zero-order chi connectivity index (χ0) is 10.1. The van der Waals surface area contributed by atoms with Crippen LogP contribution >= 0.6 is 11.6 Å². The van der Waals surface area contributed by atoms with Crippen molar-refractivity contribution in [2.45, 2.75) is 19.4 Å². The van der Waals surface area contributed by atoms with Gasteiger partial charge in [-0.15, -0.1) is 0 Å². The van der Waals surface area contributed by atoms with Gasteiger partial charge in [-0.1, -0.05) is 11.6 Å². The fourth-order valence-corrected chi connectivity index (χ4v) is 1.72. The molecule has 0 spiro atoms. The maximum atomic E-state index is 9.28. The maximum absolute atomic E-state index is 9.28. The van der Waals surface area contributed by atoms with Gasteiger partial charge in [0.1, 0.15) is 17.1 Å². The van der Waals surface area contributed by atoms with E-state index in [1.54, 1.807) is 13.1 Å². The second-order valence-electron chi connectivity index (χ2n) is 3.26. The van der Waals surface area contributed by atoms with Gasteiger partial charge in [-0.05, 0) is 12.5 Å². The first-order valence-electron chi connectivity index (χ1n) is 4.33. The summed E-state index contributed by atoms with van der Waals surface area (Å²) >= 11 is 5.93. The van der Waals surface area contributed by atoms with E-state index in [1.807, 2.05) is 0 Å². The fourth-order valence-electron chi connectivity index (χ4n) is 1.46. The minimum Gasteiger partial charge on any atom is -0.393 e. The fraction of sp³-hybridized carbons (Fsp3) is 0.333. The number of nitrogens with zero attached hydrogens (tertiary/aromatic N) is 2. The van der Waals surface area contributed by atoms with Gasteiger partial charge in [0.25, 0.3) is 0 Å². The number of hydrogen-bond donors (Lipinski definition) is 2. The number of fused-ring (bicyclic) bond motifs is 1. The Morgan fingerprint density at radius 1 is 1.57 bits per heavy atom. The van der Waals surface area contributed by atoms with Crippen molar-refractivity contribution < 1.29 is 5.11 Å². The molecule has 14 heavy (non-hydrogen) atoms. The largest absolute Gasteiger partial charge is 0.393 e. The van der Waals surface area contributed by atoms with Gasteiger partial charge in [0.15, 0.2) is 0 Å². The Balaban J connectivity index is 2.55. The van der Waals surface area contributed by atoms with Gasteiger partial charge in [0, 0.05) is 12.6 Å². The molecule has 0 saturated carbocycles. The van der Waals surface area contributed by atoms with E-state index in [-0.39, 0.29) is 0 Å². The lowest BCUT2D eigenvalue weighted by Gasteiger charge is -2.02. The molecule has 1 unspecified atom stereocenters. The third-order valence-corrected chi connectivity index (χ3v) is 2.31. The number of nitrogens with one attached hydrogen (secondary N) is 1.